The summed E-state index contributed by atoms with van der Waals surface area (Å²) in [6.45, 7) is 7.08. The number of rotatable bonds is 3. The predicted molar refractivity (Wildman–Crippen MR) is 97.8 cm³/mol. The molecule has 8 nitrogen and oxygen atoms in total. The number of oxazole rings is 1. The first-order chi connectivity index (χ1) is 12.8. The number of carbonyl (C=O) groups excluding carboxylic acids is 2. The van der Waals surface area contributed by atoms with Crippen molar-refractivity contribution < 1.29 is 14.0 Å². The lowest BCUT2D eigenvalue weighted by molar-refractivity contribution is -0.146. The quantitative estimate of drug-likeness (QED) is 0.830. The van der Waals surface area contributed by atoms with Gasteiger partial charge < -0.3 is 14.6 Å². The molecule has 2 aliphatic heterocycles. The molecule has 2 aliphatic rings. The van der Waals surface area contributed by atoms with Crippen LogP contribution in [0.15, 0.2) is 16.8 Å². The van der Waals surface area contributed by atoms with Crippen molar-refractivity contribution in [3.05, 3.63) is 23.8 Å². The van der Waals surface area contributed by atoms with Gasteiger partial charge in [-0.15, -0.1) is 0 Å². The Morgan fingerprint density at radius 2 is 2.04 bits per heavy atom. The Balaban J connectivity index is 1.43. The van der Waals surface area contributed by atoms with Crippen molar-refractivity contribution in [1.29, 1.82) is 0 Å². The van der Waals surface area contributed by atoms with Gasteiger partial charge in [-0.3, -0.25) is 14.3 Å². The number of piperidine rings is 1. The van der Waals surface area contributed by atoms with Crippen LogP contribution in [0.1, 0.15) is 42.9 Å². The highest BCUT2D eigenvalue weighted by molar-refractivity contribution is 5.94. The third-order valence-electron chi connectivity index (χ3n) is 5.90. The van der Waals surface area contributed by atoms with Crippen molar-refractivity contribution in [3.63, 3.8) is 0 Å². The van der Waals surface area contributed by atoms with Crippen LogP contribution in [-0.2, 0) is 11.8 Å². The molecular formula is C19H25N5O3. The first kappa shape index (κ1) is 17.8. The normalized spacial score (nSPS) is 22.4. The third kappa shape index (κ3) is 2.93. The van der Waals surface area contributed by atoms with E-state index in [1.54, 1.807) is 24.0 Å². The van der Waals surface area contributed by atoms with Crippen molar-refractivity contribution >= 4 is 11.8 Å². The standard InChI is InChI=1S/C19H25N5O3/c1-11-14(21-16(27-11)13-9-20-23(4)10-13)17(25)24-7-5-12(6-8-24)15-19(2,3)18(26)22-15/h9-10,12,15H,5-8H2,1-4H3,(H,22,26). The van der Waals surface area contributed by atoms with Gasteiger partial charge in [0.1, 0.15) is 5.76 Å². The van der Waals surface area contributed by atoms with Crippen LogP contribution in [0.4, 0.5) is 0 Å². The molecule has 0 aliphatic carbocycles. The van der Waals surface area contributed by atoms with E-state index >= 15 is 0 Å². The summed E-state index contributed by atoms with van der Waals surface area (Å²) in [7, 11) is 1.82. The van der Waals surface area contributed by atoms with Gasteiger partial charge in [-0.2, -0.15) is 5.10 Å². The highest BCUT2D eigenvalue weighted by atomic mass is 16.4. The number of aryl methyl sites for hydroxylation is 2. The van der Waals surface area contributed by atoms with E-state index in [-0.39, 0.29) is 23.3 Å². The number of aromatic nitrogens is 3. The summed E-state index contributed by atoms with van der Waals surface area (Å²) in [5, 5.41) is 7.15. The fraction of sp³-hybridized carbons (Fsp3) is 0.579. The van der Waals surface area contributed by atoms with Gasteiger partial charge >= 0.3 is 0 Å². The molecule has 1 N–H and O–H groups in total. The van der Waals surface area contributed by atoms with E-state index in [4.69, 9.17) is 4.42 Å². The number of likely N-dealkylation sites (tertiary alicyclic amines) is 1. The van der Waals surface area contributed by atoms with Crippen molar-refractivity contribution in [2.45, 2.75) is 39.7 Å². The Labute approximate surface area is 157 Å². The SMILES string of the molecule is Cc1oc(-c2cnn(C)c2)nc1C(=O)N1CCC(C2NC(=O)C2(C)C)CC1. The molecule has 2 saturated heterocycles. The fourth-order valence-electron chi connectivity index (χ4n) is 4.11. The molecule has 4 rings (SSSR count). The van der Waals surface area contributed by atoms with Crippen LogP contribution < -0.4 is 5.32 Å². The number of nitrogens with one attached hydrogen (secondary N) is 1. The Hall–Kier alpha value is -2.64. The molecule has 0 spiro atoms. The number of amides is 2. The maximum Gasteiger partial charge on any atom is 0.276 e. The monoisotopic (exact) mass is 371 g/mol. The highest BCUT2D eigenvalue weighted by Gasteiger charge is 2.51. The predicted octanol–water partition coefficient (Wildman–Crippen LogP) is 1.76. The summed E-state index contributed by atoms with van der Waals surface area (Å²) in [6.07, 6.45) is 5.23. The molecule has 0 aromatic carbocycles. The van der Waals surface area contributed by atoms with Crippen LogP contribution in [0.25, 0.3) is 11.5 Å². The van der Waals surface area contributed by atoms with Crippen LogP contribution in [0.5, 0.6) is 0 Å². The topological polar surface area (TPSA) is 93.3 Å². The van der Waals surface area contributed by atoms with Gasteiger partial charge in [0.15, 0.2) is 5.69 Å². The lowest BCUT2D eigenvalue weighted by Crippen LogP contribution is -2.68. The van der Waals surface area contributed by atoms with E-state index in [1.165, 1.54) is 0 Å². The molecule has 0 bridgehead atoms. The van der Waals surface area contributed by atoms with Crippen LogP contribution in [0, 0.1) is 18.3 Å². The van der Waals surface area contributed by atoms with E-state index in [9.17, 15) is 9.59 Å². The summed E-state index contributed by atoms with van der Waals surface area (Å²) >= 11 is 0. The molecule has 27 heavy (non-hydrogen) atoms. The molecule has 2 aromatic heterocycles. The Bertz CT molecular complexity index is 889. The van der Waals surface area contributed by atoms with Crippen molar-refractivity contribution in [2.24, 2.45) is 18.4 Å². The minimum absolute atomic E-state index is 0.0956. The van der Waals surface area contributed by atoms with E-state index in [0.717, 1.165) is 18.4 Å². The highest BCUT2D eigenvalue weighted by Crippen LogP contribution is 2.38. The minimum Gasteiger partial charge on any atom is -0.440 e. The molecule has 1 unspecified atom stereocenters. The van der Waals surface area contributed by atoms with Gasteiger partial charge in [0.2, 0.25) is 11.8 Å². The van der Waals surface area contributed by atoms with E-state index < -0.39 is 0 Å². The van der Waals surface area contributed by atoms with Crippen molar-refractivity contribution in [2.75, 3.05) is 13.1 Å². The van der Waals surface area contributed by atoms with Gasteiger partial charge in [-0.1, -0.05) is 0 Å². The zero-order valence-electron chi connectivity index (χ0n) is 16.2. The third-order valence-corrected chi connectivity index (χ3v) is 5.90. The number of carbonyl (C=O) groups is 2. The van der Waals surface area contributed by atoms with Gasteiger partial charge in [0, 0.05) is 32.4 Å². The van der Waals surface area contributed by atoms with E-state index in [1.807, 2.05) is 25.8 Å². The van der Waals surface area contributed by atoms with Crippen LogP contribution in [0.2, 0.25) is 0 Å². The van der Waals surface area contributed by atoms with E-state index in [2.05, 4.69) is 15.4 Å². The molecule has 8 heteroatoms. The largest absolute Gasteiger partial charge is 0.440 e. The fourth-order valence-corrected chi connectivity index (χ4v) is 4.11. The van der Waals surface area contributed by atoms with Crippen molar-refractivity contribution in [1.82, 2.24) is 25.0 Å². The molecule has 0 radical (unpaired) electrons. The zero-order valence-corrected chi connectivity index (χ0v) is 16.2. The van der Waals surface area contributed by atoms with Gasteiger partial charge in [-0.25, -0.2) is 4.98 Å². The minimum atomic E-state index is -0.307. The number of β-lactam (4-membered cyclic amide) rings is 1. The maximum absolute atomic E-state index is 12.9. The van der Waals surface area contributed by atoms with Crippen LogP contribution >= 0.6 is 0 Å². The summed E-state index contributed by atoms with van der Waals surface area (Å²) < 4.78 is 7.36. The van der Waals surface area contributed by atoms with Gasteiger partial charge in [0.05, 0.1) is 17.2 Å². The first-order valence-corrected chi connectivity index (χ1v) is 9.34. The molecule has 2 fully saturated rings. The molecule has 2 aromatic rings. The maximum atomic E-state index is 12.9. The Kier molecular flexibility index (Phi) is 4.09. The van der Waals surface area contributed by atoms with Gasteiger partial charge in [0.25, 0.3) is 5.91 Å². The van der Waals surface area contributed by atoms with Gasteiger partial charge in [-0.05, 0) is 39.5 Å². The average molecular weight is 371 g/mol. The van der Waals surface area contributed by atoms with E-state index in [0.29, 0.717) is 36.4 Å². The lowest BCUT2D eigenvalue weighted by atomic mass is 9.68. The second-order valence-electron chi connectivity index (χ2n) is 8.13. The summed E-state index contributed by atoms with van der Waals surface area (Å²) in [5.41, 5.74) is 0.809. The Morgan fingerprint density at radius 3 is 2.59 bits per heavy atom. The molecule has 4 heterocycles. The smallest absolute Gasteiger partial charge is 0.276 e. The molecule has 2 amide bonds. The molecule has 0 saturated carbocycles. The second kappa shape index (κ2) is 6.21. The summed E-state index contributed by atoms with van der Waals surface area (Å²) in [4.78, 5) is 30.9. The zero-order chi connectivity index (χ0) is 19.3. The molecular weight excluding hydrogens is 346 g/mol. The Morgan fingerprint density at radius 1 is 1.33 bits per heavy atom. The number of hydrogen-bond acceptors (Lipinski definition) is 5. The van der Waals surface area contributed by atoms with Crippen LogP contribution in [0.3, 0.4) is 0 Å². The summed E-state index contributed by atoms with van der Waals surface area (Å²) in [5.74, 6) is 1.37. The summed E-state index contributed by atoms with van der Waals surface area (Å²) in [6, 6.07) is 0.202. The number of hydrogen-bond donors (Lipinski definition) is 1. The van der Waals surface area contributed by atoms with Crippen LogP contribution in [-0.4, -0.2) is 50.6 Å². The average Bonchev–Trinajstić information content (AvgIpc) is 3.25. The molecule has 144 valence electrons. The lowest BCUT2D eigenvalue weighted by Gasteiger charge is -2.50. The first-order valence-electron chi connectivity index (χ1n) is 9.34. The molecule has 1 atom stereocenters. The second-order valence-corrected chi connectivity index (χ2v) is 8.13. The number of nitrogens with zero attached hydrogens (tertiary/aromatic N) is 4. The van der Waals surface area contributed by atoms with Crippen molar-refractivity contribution in [3.8, 4) is 11.5 Å².